The normalized spacial score (nSPS) is 10.4. The molecular formula is C25H23N3O6. The molecule has 0 aliphatic carbocycles. The standard InChI is InChI=1S/C25H23N3O6/c1-16-6-4-5-7-20(16)27-23(29)24(30)28-26-15-17-8-13-21(22(14-17)33-3)34-25(31)18-9-11-19(32-2)12-10-18/h4-15H,1-3H3,(H,27,29)(H,28,30)/b26-15+. The molecule has 0 radical (unpaired) electrons. The molecule has 2 amide bonds. The number of anilines is 1. The van der Waals surface area contributed by atoms with Crippen LogP contribution in [0.3, 0.4) is 0 Å². The number of rotatable bonds is 7. The topological polar surface area (TPSA) is 115 Å². The summed E-state index contributed by atoms with van der Waals surface area (Å²) >= 11 is 0. The van der Waals surface area contributed by atoms with Gasteiger partial charge in [0, 0.05) is 5.69 Å². The number of nitrogens with zero attached hydrogens (tertiary/aromatic N) is 1. The number of benzene rings is 3. The lowest BCUT2D eigenvalue weighted by Gasteiger charge is -2.10. The van der Waals surface area contributed by atoms with E-state index < -0.39 is 17.8 Å². The van der Waals surface area contributed by atoms with Crippen LogP contribution in [-0.4, -0.2) is 38.2 Å². The highest BCUT2D eigenvalue weighted by Crippen LogP contribution is 2.28. The number of methoxy groups -OCH3 is 2. The minimum absolute atomic E-state index is 0.210. The molecule has 3 rings (SSSR count). The molecule has 0 bridgehead atoms. The van der Waals surface area contributed by atoms with E-state index in [4.69, 9.17) is 14.2 Å². The molecule has 0 saturated carbocycles. The Balaban J connectivity index is 1.61. The summed E-state index contributed by atoms with van der Waals surface area (Å²) < 4.78 is 15.8. The molecule has 0 atom stereocenters. The van der Waals surface area contributed by atoms with Crippen LogP contribution in [0, 0.1) is 6.92 Å². The fraction of sp³-hybridized carbons (Fsp3) is 0.120. The minimum Gasteiger partial charge on any atom is -0.497 e. The van der Waals surface area contributed by atoms with E-state index in [-0.39, 0.29) is 11.5 Å². The van der Waals surface area contributed by atoms with E-state index in [0.29, 0.717) is 22.6 Å². The van der Waals surface area contributed by atoms with Gasteiger partial charge in [-0.1, -0.05) is 18.2 Å². The van der Waals surface area contributed by atoms with Crippen LogP contribution in [0.15, 0.2) is 71.8 Å². The van der Waals surface area contributed by atoms with E-state index in [0.717, 1.165) is 5.56 Å². The smallest absolute Gasteiger partial charge is 0.343 e. The lowest BCUT2D eigenvalue weighted by atomic mass is 10.2. The van der Waals surface area contributed by atoms with Gasteiger partial charge in [0.05, 0.1) is 26.0 Å². The maximum atomic E-state index is 12.4. The van der Waals surface area contributed by atoms with Crippen LogP contribution in [0.5, 0.6) is 17.2 Å². The van der Waals surface area contributed by atoms with Crippen molar-refractivity contribution in [3.63, 3.8) is 0 Å². The minimum atomic E-state index is -0.920. The second-order valence-electron chi connectivity index (χ2n) is 7.00. The number of amides is 2. The van der Waals surface area contributed by atoms with E-state index in [1.54, 1.807) is 48.5 Å². The van der Waals surface area contributed by atoms with Crippen LogP contribution in [0.1, 0.15) is 21.5 Å². The van der Waals surface area contributed by atoms with Crippen LogP contribution in [-0.2, 0) is 9.59 Å². The Kier molecular flexibility index (Phi) is 7.96. The predicted molar refractivity (Wildman–Crippen MR) is 126 cm³/mol. The fourth-order valence-electron chi connectivity index (χ4n) is 2.84. The van der Waals surface area contributed by atoms with Crippen molar-refractivity contribution in [2.45, 2.75) is 6.92 Å². The third kappa shape index (κ3) is 6.19. The molecule has 174 valence electrons. The third-order valence-corrected chi connectivity index (χ3v) is 4.70. The summed E-state index contributed by atoms with van der Waals surface area (Å²) in [6.07, 6.45) is 1.33. The molecule has 0 aromatic heterocycles. The number of ether oxygens (including phenoxy) is 3. The number of hydrogen-bond donors (Lipinski definition) is 2. The lowest BCUT2D eigenvalue weighted by Crippen LogP contribution is -2.32. The first-order valence-electron chi connectivity index (χ1n) is 10.2. The van der Waals surface area contributed by atoms with Crippen molar-refractivity contribution < 1.29 is 28.6 Å². The molecule has 0 heterocycles. The molecule has 0 spiro atoms. The van der Waals surface area contributed by atoms with Gasteiger partial charge in [-0.05, 0) is 66.6 Å². The van der Waals surface area contributed by atoms with Crippen LogP contribution in [0.2, 0.25) is 0 Å². The highest BCUT2D eigenvalue weighted by Gasteiger charge is 2.15. The lowest BCUT2D eigenvalue weighted by molar-refractivity contribution is -0.136. The van der Waals surface area contributed by atoms with Gasteiger partial charge in [-0.3, -0.25) is 9.59 Å². The van der Waals surface area contributed by atoms with E-state index in [1.807, 2.05) is 19.1 Å². The quantitative estimate of drug-likeness (QED) is 0.183. The number of aryl methyl sites for hydroxylation is 1. The predicted octanol–water partition coefficient (Wildman–Crippen LogP) is 3.32. The molecule has 0 unspecified atom stereocenters. The Labute approximate surface area is 196 Å². The molecule has 9 heteroatoms. The first kappa shape index (κ1) is 24.0. The Morgan fingerprint density at radius 3 is 2.26 bits per heavy atom. The maximum Gasteiger partial charge on any atom is 0.343 e. The van der Waals surface area contributed by atoms with Gasteiger partial charge in [0.25, 0.3) is 0 Å². The van der Waals surface area contributed by atoms with Crippen molar-refractivity contribution in [1.29, 1.82) is 0 Å². The van der Waals surface area contributed by atoms with E-state index in [9.17, 15) is 14.4 Å². The van der Waals surface area contributed by atoms with Crippen molar-refractivity contribution in [3.8, 4) is 17.2 Å². The summed E-state index contributed by atoms with van der Waals surface area (Å²) in [4.78, 5) is 36.4. The van der Waals surface area contributed by atoms with Gasteiger partial charge in [0.1, 0.15) is 5.75 Å². The summed E-state index contributed by atoms with van der Waals surface area (Å²) in [5, 5.41) is 6.32. The van der Waals surface area contributed by atoms with Gasteiger partial charge >= 0.3 is 17.8 Å². The zero-order valence-electron chi connectivity index (χ0n) is 18.8. The van der Waals surface area contributed by atoms with Gasteiger partial charge in [-0.15, -0.1) is 0 Å². The van der Waals surface area contributed by atoms with Gasteiger partial charge in [0.2, 0.25) is 0 Å². The molecule has 2 N–H and O–H groups in total. The number of carbonyl (C=O) groups excluding carboxylic acids is 3. The molecule has 0 fully saturated rings. The van der Waals surface area contributed by atoms with Crippen molar-refractivity contribution in [1.82, 2.24) is 5.43 Å². The number of nitrogens with one attached hydrogen (secondary N) is 2. The molecule has 9 nitrogen and oxygen atoms in total. The summed E-state index contributed by atoms with van der Waals surface area (Å²) in [5.41, 5.74) is 4.42. The SMILES string of the molecule is COc1ccc(C(=O)Oc2ccc(/C=N/NC(=O)C(=O)Nc3ccccc3C)cc2OC)cc1. The zero-order chi connectivity index (χ0) is 24.5. The molecule has 3 aromatic rings. The van der Waals surface area contributed by atoms with Crippen LogP contribution in [0.25, 0.3) is 0 Å². The number of hydrogen-bond acceptors (Lipinski definition) is 7. The second-order valence-corrected chi connectivity index (χ2v) is 7.00. The average molecular weight is 461 g/mol. The highest BCUT2D eigenvalue weighted by atomic mass is 16.6. The van der Waals surface area contributed by atoms with E-state index in [1.165, 1.54) is 26.5 Å². The second kappa shape index (κ2) is 11.3. The van der Waals surface area contributed by atoms with Gasteiger partial charge in [-0.25, -0.2) is 10.2 Å². The summed E-state index contributed by atoms with van der Waals surface area (Å²) in [7, 11) is 2.97. The summed E-state index contributed by atoms with van der Waals surface area (Å²) in [5.74, 6) is -1.20. The Morgan fingerprint density at radius 2 is 1.59 bits per heavy atom. The molecule has 0 aliphatic rings. The molecule has 0 aliphatic heterocycles. The maximum absolute atomic E-state index is 12.4. The average Bonchev–Trinajstić information content (AvgIpc) is 2.86. The number of carbonyl (C=O) groups is 3. The van der Waals surface area contributed by atoms with Gasteiger partial charge in [0.15, 0.2) is 11.5 Å². The number of hydrazone groups is 1. The van der Waals surface area contributed by atoms with Crippen molar-refractivity contribution in [2.24, 2.45) is 5.10 Å². The third-order valence-electron chi connectivity index (χ3n) is 4.70. The van der Waals surface area contributed by atoms with Gasteiger partial charge < -0.3 is 19.5 Å². The monoisotopic (exact) mass is 461 g/mol. The Morgan fingerprint density at radius 1 is 0.853 bits per heavy atom. The first-order chi connectivity index (χ1) is 16.4. The largest absolute Gasteiger partial charge is 0.497 e. The molecule has 3 aromatic carbocycles. The Bertz CT molecular complexity index is 1220. The number of para-hydroxylation sites is 1. The highest BCUT2D eigenvalue weighted by molar-refractivity contribution is 6.39. The van der Waals surface area contributed by atoms with Gasteiger partial charge in [-0.2, -0.15) is 5.10 Å². The molecule has 0 saturated heterocycles. The van der Waals surface area contributed by atoms with E-state index >= 15 is 0 Å². The number of esters is 1. The van der Waals surface area contributed by atoms with Crippen molar-refractivity contribution in [2.75, 3.05) is 19.5 Å². The van der Waals surface area contributed by atoms with Crippen LogP contribution < -0.4 is 25.0 Å². The molecule has 34 heavy (non-hydrogen) atoms. The molecular weight excluding hydrogens is 438 g/mol. The van der Waals surface area contributed by atoms with Crippen molar-refractivity contribution in [3.05, 3.63) is 83.4 Å². The van der Waals surface area contributed by atoms with E-state index in [2.05, 4.69) is 15.8 Å². The first-order valence-corrected chi connectivity index (χ1v) is 10.2. The Hall–Kier alpha value is -4.66. The van der Waals surface area contributed by atoms with Crippen LogP contribution in [0.4, 0.5) is 5.69 Å². The van der Waals surface area contributed by atoms with Crippen LogP contribution >= 0.6 is 0 Å². The summed E-state index contributed by atoms with van der Waals surface area (Å²) in [6.45, 7) is 1.82. The summed E-state index contributed by atoms with van der Waals surface area (Å²) in [6, 6.07) is 18.3. The van der Waals surface area contributed by atoms with Crippen molar-refractivity contribution >= 4 is 29.7 Å². The zero-order valence-corrected chi connectivity index (χ0v) is 18.8. The fourth-order valence-corrected chi connectivity index (χ4v) is 2.84.